The van der Waals surface area contributed by atoms with E-state index in [0.717, 1.165) is 31.4 Å². The fraction of sp³-hybridized carbons (Fsp3) is 0.471. The highest BCUT2D eigenvalue weighted by Gasteiger charge is 2.32. The van der Waals surface area contributed by atoms with E-state index in [0.29, 0.717) is 11.6 Å². The van der Waals surface area contributed by atoms with Gasteiger partial charge in [-0.3, -0.25) is 9.89 Å². The first-order valence-corrected chi connectivity index (χ1v) is 9.40. The van der Waals surface area contributed by atoms with Gasteiger partial charge in [0, 0.05) is 12.1 Å². The van der Waals surface area contributed by atoms with E-state index < -0.39 is 0 Å². The molecule has 7 heteroatoms. The fourth-order valence-corrected chi connectivity index (χ4v) is 3.30. The van der Waals surface area contributed by atoms with Crippen molar-refractivity contribution in [1.29, 1.82) is 0 Å². The Morgan fingerprint density at radius 3 is 2.83 bits per heavy atom. The summed E-state index contributed by atoms with van der Waals surface area (Å²) >= 11 is 1.55. The highest BCUT2D eigenvalue weighted by atomic mass is 32.2. The van der Waals surface area contributed by atoms with Crippen molar-refractivity contribution in [2.45, 2.75) is 37.5 Å². The zero-order chi connectivity index (χ0) is 17.1. The normalized spacial score (nSPS) is 19.3. The van der Waals surface area contributed by atoms with Gasteiger partial charge in [-0.2, -0.15) is 16.9 Å². The number of rotatable bonds is 4. The first-order valence-electron chi connectivity index (χ1n) is 8.11. The average Bonchev–Trinajstić information content (AvgIpc) is 3.11. The number of likely N-dealkylation sites (tertiary alicyclic amines) is 1. The summed E-state index contributed by atoms with van der Waals surface area (Å²) in [5.74, 6) is 1.09. The number of benzene rings is 1. The highest BCUT2D eigenvalue weighted by molar-refractivity contribution is 7.99. The van der Waals surface area contributed by atoms with Crippen molar-refractivity contribution in [3.05, 3.63) is 35.9 Å². The molecule has 5 nitrogen and oxygen atoms in total. The average molecular weight is 348 g/mol. The van der Waals surface area contributed by atoms with Crippen LogP contribution in [0, 0.1) is 5.82 Å². The first-order chi connectivity index (χ1) is 11.6. The van der Waals surface area contributed by atoms with Gasteiger partial charge in [0.05, 0.1) is 11.3 Å². The number of hydrogen-bond acceptors (Lipinski definition) is 4. The van der Waals surface area contributed by atoms with E-state index in [2.05, 4.69) is 15.2 Å². The lowest BCUT2D eigenvalue weighted by Gasteiger charge is -2.35. The molecule has 2 unspecified atom stereocenters. The van der Waals surface area contributed by atoms with Gasteiger partial charge in [0.1, 0.15) is 11.6 Å². The van der Waals surface area contributed by atoms with Crippen LogP contribution in [0.5, 0.6) is 0 Å². The Kier molecular flexibility index (Phi) is 5.18. The number of carbonyl (C=O) groups excluding carboxylic acids is 1. The predicted octanol–water partition coefficient (Wildman–Crippen LogP) is 3.42. The predicted molar refractivity (Wildman–Crippen MR) is 93.1 cm³/mol. The second kappa shape index (κ2) is 7.34. The molecule has 0 bridgehead atoms. The van der Waals surface area contributed by atoms with E-state index in [4.69, 9.17) is 0 Å². The minimum absolute atomic E-state index is 0.0647. The molecule has 1 fully saturated rings. The number of amides is 1. The second-order valence-corrected chi connectivity index (χ2v) is 7.15. The summed E-state index contributed by atoms with van der Waals surface area (Å²) < 4.78 is 13.1. The maximum atomic E-state index is 13.1. The Hall–Kier alpha value is -1.89. The van der Waals surface area contributed by atoms with Gasteiger partial charge in [0.15, 0.2) is 5.82 Å². The lowest BCUT2D eigenvalue weighted by Crippen LogP contribution is -2.42. The Bertz CT molecular complexity index is 703. The molecule has 0 spiro atoms. The maximum absolute atomic E-state index is 13.1. The van der Waals surface area contributed by atoms with Crippen LogP contribution < -0.4 is 0 Å². The maximum Gasteiger partial charge on any atom is 0.236 e. The highest BCUT2D eigenvalue weighted by Crippen LogP contribution is 2.31. The molecule has 1 saturated heterocycles. The fourth-order valence-electron chi connectivity index (χ4n) is 2.97. The number of aromatic amines is 1. The van der Waals surface area contributed by atoms with E-state index in [-0.39, 0.29) is 23.0 Å². The van der Waals surface area contributed by atoms with Crippen LogP contribution in [0.15, 0.2) is 24.3 Å². The molecular weight excluding hydrogens is 327 g/mol. The quantitative estimate of drug-likeness (QED) is 0.920. The SMILES string of the molecule is CSC(C)C(=O)N1CCCCC1c1nc(-c2ccc(F)cc2)n[nH]1. The van der Waals surface area contributed by atoms with Crippen LogP contribution in [0.3, 0.4) is 0 Å². The zero-order valence-corrected chi connectivity index (χ0v) is 14.6. The number of aromatic nitrogens is 3. The Morgan fingerprint density at radius 2 is 2.12 bits per heavy atom. The van der Waals surface area contributed by atoms with E-state index in [9.17, 15) is 9.18 Å². The van der Waals surface area contributed by atoms with Gasteiger partial charge in [0.25, 0.3) is 0 Å². The summed E-state index contributed by atoms with van der Waals surface area (Å²) in [4.78, 5) is 19.1. The molecule has 1 aliphatic heterocycles. The Balaban J connectivity index is 1.84. The molecule has 3 rings (SSSR count). The number of nitrogens with one attached hydrogen (secondary N) is 1. The van der Waals surface area contributed by atoms with Crippen LogP contribution in [-0.4, -0.2) is 44.0 Å². The molecule has 1 aromatic heterocycles. The minimum atomic E-state index is -0.287. The minimum Gasteiger partial charge on any atom is -0.332 e. The number of piperidine rings is 1. The van der Waals surface area contributed by atoms with Crippen molar-refractivity contribution in [2.24, 2.45) is 0 Å². The molecule has 1 N–H and O–H groups in total. The number of H-pyrrole nitrogens is 1. The molecule has 2 heterocycles. The van der Waals surface area contributed by atoms with Crippen molar-refractivity contribution in [2.75, 3.05) is 12.8 Å². The van der Waals surface area contributed by atoms with Crippen molar-refractivity contribution in [1.82, 2.24) is 20.1 Å². The molecule has 1 aromatic carbocycles. The smallest absolute Gasteiger partial charge is 0.236 e. The third-order valence-corrected chi connectivity index (χ3v) is 5.32. The molecule has 0 radical (unpaired) electrons. The van der Waals surface area contributed by atoms with Crippen LogP contribution >= 0.6 is 11.8 Å². The Labute approximate surface area is 145 Å². The monoisotopic (exact) mass is 348 g/mol. The zero-order valence-electron chi connectivity index (χ0n) is 13.8. The molecule has 24 heavy (non-hydrogen) atoms. The molecule has 128 valence electrons. The van der Waals surface area contributed by atoms with Crippen LogP contribution in [0.4, 0.5) is 4.39 Å². The molecule has 2 aromatic rings. The van der Waals surface area contributed by atoms with Crippen molar-refractivity contribution in [3.63, 3.8) is 0 Å². The van der Waals surface area contributed by atoms with Crippen molar-refractivity contribution >= 4 is 17.7 Å². The topological polar surface area (TPSA) is 61.9 Å². The summed E-state index contributed by atoms with van der Waals surface area (Å²) in [6.07, 6.45) is 4.91. The van der Waals surface area contributed by atoms with Crippen LogP contribution in [0.25, 0.3) is 11.4 Å². The number of hydrogen-bond donors (Lipinski definition) is 1. The first kappa shape index (κ1) is 17.0. The molecule has 0 saturated carbocycles. The molecular formula is C17H21FN4OS. The third kappa shape index (κ3) is 3.45. The van der Waals surface area contributed by atoms with Gasteiger partial charge in [-0.25, -0.2) is 9.37 Å². The Morgan fingerprint density at radius 1 is 1.38 bits per heavy atom. The van der Waals surface area contributed by atoms with Crippen LogP contribution in [0.1, 0.15) is 38.1 Å². The van der Waals surface area contributed by atoms with Gasteiger partial charge < -0.3 is 4.90 Å². The van der Waals surface area contributed by atoms with Crippen molar-refractivity contribution < 1.29 is 9.18 Å². The summed E-state index contributed by atoms with van der Waals surface area (Å²) in [7, 11) is 0. The van der Waals surface area contributed by atoms with Crippen molar-refractivity contribution in [3.8, 4) is 11.4 Å². The second-order valence-electron chi connectivity index (χ2n) is 5.97. The summed E-state index contributed by atoms with van der Waals surface area (Å²) in [6, 6.07) is 6.02. The van der Waals surface area contributed by atoms with E-state index in [1.165, 1.54) is 12.1 Å². The van der Waals surface area contributed by atoms with E-state index >= 15 is 0 Å². The molecule has 1 aliphatic rings. The number of nitrogens with zero attached hydrogens (tertiary/aromatic N) is 3. The van der Waals surface area contributed by atoms with Gasteiger partial charge in [-0.05, 0) is 56.7 Å². The van der Waals surface area contributed by atoms with Gasteiger partial charge in [0.2, 0.25) is 5.91 Å². The standard InChI is InChI=1S/C17H21FN4OS/c1-11(24-2)17(23)22-10-4-3-5-14(22)16-19-15(20-21-16)12-6-8-13(18)9-7-12/h6-9,11,14H,3-5,10H2,1-2H3,(H,19,20,21). The van der Waals surface area contributed by atoms with Crippen LogP contribution in [0.2, 0.25) is 0 Å². The lowest BCUT2D eigenvalue weighted by atomic mass is 10.0. The lowest BCUT2D eigenvalue weighted by molar-refractivity contribution is -0.134. The molecule has 2 atom stereocenters. The molecule has 1 amide bonds. The van der Waals surface area contributed by atoms with Crippen LogP contribution in [-0.2, 0) is 4.79 Å². The van der Waals surface area contributed by atoms with Gasteiger partial charge in [-0.1, -0.05) is 0 Å². The van der Waals surface area contributed by atoms with Gasteiger partial charge >= 0.3 is 0 Å². The summed E-state index contributed by atoms with van der Waals surface area (Å²) in [5.41, 5.74) is 0.755. The third-order valence-electron chi connectivity index (χ3n) is 4.41. The van der Waals surface area contributed by atoms with Gasteiger partial charge in [-0.15, -0.1) is 0 Å². The van der Waals surface area contributed by atoms with E-state index in [1.54, 1.807) is 23.9 Å². The number of carbonyl (C=O) groups is 1. The number of thioether (sulfide) groups is 1. The summed E-state index contributed by atoms with van der Waals surface area (Å²) in [6.45, 7) is 2.68. The largest absolute Gasteiger partial charge is 0.332 e. The van der Waals surface area contributed by atoms with E-state index in [1.807, 2.05) is 18.1 Å². The molecule has 0 aliphatic carbocycles. The summed E-state index contributed by atoms with van der Waals surface area (Å²) in [5, 5.41) is 7.16. The number of halogens is 1.